The monoisotopic (exact) mass is 368 g/mol. The molecule has 0 aliphatic rings. The van der Waals surface area contributed by atoms with Crippen LogP contribution >= 0.6 is 0 Å². The topological polar surface area (TPSA) is 84.5 Å². The van der Waals surface area contributed by atoms with Crippen LogP contribution in [0.15, 0.2) is 54.6 Å². The van der Waals surface area contributed by atoms with E-state index in [1.54, 1.807) is 24.3 Å². The van der Waals surface area contributed by atoms with Gasteiger partial charge in [0.05, 0.1) is 17.3 Å². The zero-order valence-electron chi connectivity index (χ0n) is 15.5. The molecule has 0 bridgehead atoms. The molecule has 1 unspecified atom stereocenters. The van der Waals surface area contributed by atoms with Crippen molar-refractivity contribution < 1.29 is 19.1 Å². The van der Waals surface area contributed by atoms with Crippen LogP contribution in [0.4, 0.5) is 5.69 Å². The van der Waals surface area contributed by atoms with Gasteiger partial charge in [0.2, 0.25) is 0 Å². The number of nitrogens with one attached hydrogen (secondary N) is 2. The van der Waals surface area contributed by atoms with Crippen molar-refractivity contribution in [1.29, 1.82) is 0 Å². The van der Waals surface area contributed by atoms with Gasteiger partial charge < -0.3 is 15.4 Å². The molecule has 2 rings (SSSR count). The van der Waals surface area contributed by atoms with Crippen LogP contribution in [0.3, 0.4) is 0 Å². The minimum absolute atomic E-state index is 0.183. The van der Waals surface area contributed by atoms with E-state index < -0.39 is 11.9 Å². The third-order valence-electron chi connectivity index (χ3n) is 3.91. The molecule has 0 heterocycles. The molecule has 0 spiro atoms. The van der Waals surface area contributed by atoms with Crippen molar-refractivity contribution >= 4 is 23.5 Å². The second-order valence-corrected chi connectivity index (χ2v) is 6.11. The molecule has 0 fully saturated rings. The fourth-order valence-corrected chi connectivity index (χ4v) is 2.50. The third kappa shape index (κ3) is 6.26. The van der Waals surface area contributed by atoms with E-state index >= 15 is 0 Å². The van der Waals surface area contributed by atoms with E-state index in [2.05, 4.69) is 10.6 Å². The Kier molecular flexibility index (Phi) is 7.55. The van der Waals surface area contributed by atoms with E-state index in [1.165, 1.54) is 0 Å². The molecule has 142 valence electrons. The Morgan fingerprint density at radius 3 is 2.37 bits per heavy atom. The fourth-order valence-electron chi connectivity index (χ4n) is 2.50. The van der Waals surface area contributed by atoms with Gasteiger partial charge in [-0.05, 0) is 31.0 Å². The standard InChI is InChI=1S/C21H24N2O4/c1-3-9-20(25)27-14-19(24)23-18-13-8-7-12-17(18)21(26)22-15(2)16-10-5-4-6-11-16/h4-8,10-13,15H,3,9,14H2,1-2H3,(H,22,26)(H,23,24). The molecule has 2 aromatic carbocycles. The predicted octanol–water partition coefficient (Wildman–Crippen LogP) is 3.46. The second kappa shape index (κ2) is 10.1. The number of amides is 2. The van der Waals surface area contributed by atoms with Crippen molar-refractivity contribution in [3.8, 4) is 0 Å². The smallest absolute Gasteiger partial charge is 0.306 e. The Bertz CT molecular complexity index is 790. The maximum Gasteiger partial charge on any atom is 0.306 e. The van der Waals surface area contributed by atoms with Crippen molar-refractivity contribution in [1.82, 2.24) is 5.32 Å². The molecular weight excluding hydrogens is 344 g/mol. The van der Waals surface area contributed by atoms with Gasteiger partial charge in [0.25, 0.3) is 11.8 Å². The highest BCUT2D eigenvalue weighted by atomic mass is 16.5. The quantitative estimate of drug-likeness (QED) is 0.699. The summed E-state index contributed by atoms with van der Waals surface area (Å²) in [6.07, 6.45) is 0.923. The van der Waals surface area contributed by atoms with Crippen LogP contribution in [-0.2, 0) is 14.3 Å². The normalized spacial score (nSPS) is 11.3. The molecule has 27 heavy (non-hydrogen) atoms. The summed E-state index contributed by atoms with van der Waals surface area (Å²) in [5.41, 5.74) is 1.69. The summed E-state index contributed by atoms with van der Waals surface area (Å²) in [5, 5.41) is 5.54. The van der Waals surface area contributed by atoms with Gasteiger partial charge in [0, 0.05) is 6.42 Å². The zero-order valence-corrected chi connectivity index (χ0v) is 15.5. The molecule has 0 saturated carbocycles. The lowest BCUT2D eigenvalue weighted by Crippen LogP contribution is -2.28. The van der Waals surface area contributed by atoms with Crippen molar-refractivity contribution in [3.05, 3.63) is 65.7 Å². The van der Waals surface area contributed by atoms with Crippen LogP contribution in [0.1, 0.15) is 48.7 Å². The van der Waals surface area contributed by atoms with Gasteiger partial charge in [-0.1, -0.05) is 49.4 Å². The summed E-state index contributed by atoms with van der Waals surface area (Å²) in [6, 6.07) is 16.1. The molecule has 0 radical (unpaired) electrons. The van der Waals surface area contributed by atoms with Crippen LogP contribution in [0.25, 0.3) is 0 Å². The first-order valence-electron chi connectivity index (χ1n) is 8.91. The average molecular weight is 368 g/mol. The Hall–Kier alpha value is -3.15. The van der Waals surface area contributed by atoms with E-state index in [0.29, 0.717) is 17.7 Å². The Morgan fingerprint density at radius 2 is 1.67 bits per heavy atom. The molecule has 2 aromatic rings. The average Bonchev–Trinajstić information content (AvgIpc) is 2.67. The second-order valence-electron chi connectivity index (χ2n) is 6.11. The minimum atomic E-state index is -0.490. The van der Waals surface area contributed by atoms with Crippen LogP contribution in [0.5, 0.6) is 0 Å². The SMILES string of the molecule is CCCC(=O)OCC(=O)Nc1ccccc1C(=O)NC(C)c1ccccc1. The van der Waals surface area contributed by atoms with Gasteiger partial charge in [-0.2, -0.15) is 0 Å². The van der Waals surface area contributed by atoms with Gasteiger partial charge >= 0.3 is 5.97 Å². The summed E-state index contributed by atoms with van der Waals surface area (Å²) in [5.74, 6) is -1.21. The Labute approximate surface area is 158 Å². The molecule has 6 heteroatoms. The number of esters is 1. The number of rotatable bonds is 8. The lowest BCUT2D eigenvalue weighted by atomic mass is 10.1. The molecule has 6 nitrogen and oxygen atoms in total. The van der Waals surface area contributed by atoms with Crippen LogP contribution in [-0.4, -0.2) is 24.4 Å². The maximum absolute atomic E-state index is 12.6. The van der Waals surface area contributed by atoms with Gasteiger partial charge in [-0.15, -0.1) is 0 Å². The number of anilines is 1. The Balaban J connectivity index is 2.01. The third-order valence-corrected chi connectivity index (χ3v) is 3.91. The van der Waals surface area contributed by atoms with Crippen molar-refractivity contribution in [2.75, 3.05) is 11.9 Å². The lowest BCUT2D eigenvalue weighted by molar-refractivity contribution is -0.147. The molecule has 0 aliphatic carbocycles. The highest BCUT2D eigenvalue weighted by Gasteiger charge is 2.16. The van der Waals surface area contributed by atoms with Crippen LogP contribution < -0.4 is 10.6 Å². The first-order chi connectivity index (χ1) is 13.0. The van der Waals surface area contributed by atoms with E-state index in [-0.39, 0.29) is 25.0 Å². The van der Waals surface area contributed by atoms with Gasteiger partial charge in [0.1, 0.15) is 0 Å². The molecule has 2 amide bonds. The molecule has 0 saturated heterocycles. The predicted molar refractivity (Wildman–Crippen MR) is 103 cm³/mol. The summed E-state index contributed by atoms with van der Waals surface area (Å²) in [4.78, 5) is 36.0. The van der Waals surface area contributed by atoms with Crippen LogP contribution in [0, 0.1) is 0 Å². The largest absolute Gasteiger partial charge is 0.456 e. The zero-order chi connectivity index (χ0) is 19.6. The van der Waals surface area contributed by atoms with E-state index in [9.17, 15) is 14.4 Å². The first-order valence-corrected chi connectivity index (χ1v) is 8.91. The number of ether oxygens (including phenoxy) is 1. The van der Waals surface area contributed by atoms with Crippen LogP contribution in [0.2, 0.25) is 0 Å². The van der Waals surface area contributed by atoms with E-state index in [1.807, 2.05) is 44.2 Å². The number of hydrogen-bond acceptors (Lipinski definition) is 4. The molecule has 2 N–H and O–H groups in total. The van der Waals surface area contributed by atoms with Gasteiger partial charge in [0.15, 0.2) is 6.61 Å². The number of para-hydroxylation sites is 1. The van der Waals surface area contributed by atoms with Gasteiger partial charge in [-0.3, -0.25) is 14.4 Å². The minimum Gasteiger partial charge on any atom is -0.456 e. The van der Waals surface area contributed by atoms with E-state index in [4.69, 9.17) is 4.74 Å². The summed E-state index contributed by atoms with van der Waals surface area (Å²) < 4.78 is 4.89. The number of benzene rings is 2. The first kappa shape index (κ1) is 20.2. The van der Waals surface area contributed by atoms with Gasteiger partial charge in [-0.25, -0.2) is 0 Å². The van der Waals surface area contributed by atoms with Crippen molar-refractivity contribution in [2.24, 2.45) is 0 Å². The van der Waals surface area contributed by atoms with Crippen molar-refractivity contribution in [3.63, 3.8) is 0 Å². The summed E-state index contributed by atoms with van der Waals surface area (Å²) >= 11 is 0. The Morgan fingerprint density at radius 1 is 1.00 bits per heavy atom. The lowest BCUT2D eigenvalue weighted by Gasteiger charge is -2.16. The molecular formula is C21H24N2O4. The van der Waals surface area contributed by atoms with Crippen molar-refractivity contribution in [2.45, 2.75) is 32.7 Å². The molecule has 0 aliphatic heterocycles. The summed E-state index contributed by atoms with van der Waals surface area (Å²) in [6.45, 7) is 3.36. The summed E-state index contributed by atoms with van der Waals surface area (Å²) in [7, 11) is 0. The highest BCUT2D eigenvalue weighted by molar-refractivity contribution is 6.04. The number of carbonyl (C=O) groups excluding carboxylic acids is 3. The molecule has 1 atom stereocenters. The number of carbonyl (C=O) groups is 3. The fraction of sp³-hybridized carbons (Fsp3) is 0.286. The maximum atomic E-state index is 12.6. The highest BCUT2D eigenvalue weighted by Crippen LogP contribution is 2.18. The number of hydrogen-bond donors (Lipinski definition) is 2. The van der Waals surface area contributed by atoms with E-state index in [0.717, 1.165) is 5.56 Å². The molecule has 0 aromatic heterocycles.